The molecule has 6 nitrogen and oxygen atoms in total. The molecule has 0 unspecified atom stereocenters. The van der Waals surface area contributed by atoms with Gasteiger partial charge < -0.3 is 20.7 Å². The van der Waals surface area contributed by atoms with Crippen LogP contribution >= 0.6 is 12.4 Å². The molecule has 1 aliphatic heterocycles. The van der Waals surface area contributed by atoms with E-state index in [9.17, 15) is 9.59 Å². The van der Waals surface area contributed by atoms with Crippen molar-refractivity contribution >= 4 is 35.6 Å². The van der Waals surface area contributed by atoms with E-state index in [0.29, 0.717) is 29.5 Å². The van der Waals surface area contributed by atoms with Crippen LogP contribution in [0.2, 0.25) is 0 Å². The summed E-state index contributed by atoms with van der Waals surface area (Å²) in [6.07, 6.45) is 2.56. The van der Waals surface area contributed by atoms with Gasteiger partial charge in [-0.25, -0.2) is 0 Å². The normalized spacial score (nSPS) is 14.5. The Hall–Kier alpha value is -1.79. The molecule has 128 valence electrons. The minimum absolute atomic E-state index is 0. The molecule has 23 heavy (non-hydrogen) atoms. The second-order valence-corrected chi connectivity index (χ2v) is 5.54. The molecule has 1 heterocycles. The van der Waals surface area contributed by atoms with Gasteiger partial charge in [0.1, 0.15) is 5.75 Å². The first-order valence-corrected chi connectivity index (χ1v) is 7.54. The van der Waals surface area contributed by atoms with Gasteiger partial charge >= 0.3 is 0 Å². The fourth-order valence-corrected chi connectivity index (χ4v) is 2.64. The van der Waals surface area contributed by atoms with Crippen molar-refractivity contribution in [3.63, 3.8) is 0 Å². The lowest BCUT2D eigenvalue weighted by Gasteiger charge is -2.22. The monoisotopic (exact) mass is 341 g/mol. The summed E-state index contributed by atoms with van der Waals surface area (Å²) in [4.78, 5) is 23.3. The van der Waals surface area contributed by atoms with Crippen molar-refractivity contribution < 1.29 is 14.3 Å². The summed E-state index contributed by atoms with van der Waals surface area (Å²) in [6, 6.07) is 5.18. The van der Waals surface area contributed by atoms with Crippen molar-refractivity contribution in [3.8, 4) is 5.75 Å². The Morgan fingerprint density at radius 3 is 2.57 bits per heavy atom. The minimum atomic E-state index is -0.155. The molecular formula is C16H24ClN3O3. The van der Waals surface area contributed by atoms with E-state index in [0.717, 1.165) is 25.9 Å². The van der Waals surface area contributed by atoms with Gasteiger partial charge in [-0.3, -0.25) is 9.59 Å². The first-order valence-electron chi connectivity index (χ1n) is 7.54. The van der Waals surface area contributed by atoms with Gasteiger partial charge in [0.15, 0.2) is 0 Å². The average Bonchev–Trinajstić information content (AvgIpc) is 2.48. The lowest BCUT2D eigenvalue weighted by atomic mass is 9.94. The number of hydrogen-bond acceptors (Lipinski definition) is 4. The third-order valence-electron chi connectivity index (χ3n) is 3.73. The Labute approximate surface area is 142 Å². The molecule has 0 aromatic heterocycles. The third-order valence-corrected chi connectivity index (χ3v) is 3.73. The first kappa shape index (κ1) is 19.3. The number of benzene rings is 1. The Morgan fingerprint density at radius 2 is 1.96 bits per heavy atom. The molecule has 1 aromatic carbocycles. The minimum Gasteiger partial charge on any atom is -0.495 e. The molecule has 0 radical (unpaired) electrons. The van der Waals surface area contributed by atoms with Crippen molar-refractivity contribution in [3.05, 3.63) is 18.2 Å². The maximum Gasteiger partial charge on any atom is 0.224 e. The van der Waals surface area contributed by atoms with Crippen molar-refractivity contribution in [2.75, 3.05) is 30.8 Å². The smallest absolute Gasteiger partial charge is 0.224 e. The van der Waals surface area contributed by atoms with Crippen LogP contribution in [-0.4, -0.2) is 32.0 Å². The van der Waals surface area contributed by atoms with Crippen molar-refractivity contribution in [2.24, 2.45) is 5.92 Å². The molecule has 1 aromatic rings. The molecule has 1 saturated heterocycles. The molecule has 2 rings (SSSR count). The number of methoxy groups -OCH3 is 1. The predicted octanol–water partition coefficient (Wildman–Crippen LogP) is 2.40. The van der Waals surface area contributed by atoms with Gasteiger partial charge in [0.05, 0.1) is 12.8 Å². The molecule has 0 spiro atoms. The molecular weight excluding hydrogens is 318 g/mol. The maximum atomic E-state index is 12.2. The van der Waals surface area contributed by atoms with E-state index in [2.05, 4.69) is 16.0 Å². The molecule has 0 bridgehead atoms. The second-order valence-electron chi connectivity index (χ2n) is 5.54. The molecule has 7 heteroatoms. The standard InChI is InChI=1S/C16H23N3O3.ClH/c1-11(20)18-13-3-4-15(22-2)14(10-13)19-16(21)9-12-5-7-17-8-6-12;/h3-4,10,12,17H,5-9H2,1-2H3,(H,18,20)(H,19,21);1H. The molecule has 0 saturated carbocycles. The molecule has 1 aliphatic rings. The van der Waals surface area contributed by atoms with Gasteiger partial charge in [0, 0.05) is 19.0 Å². The van der Waals surface area contributed by atoms with Gasteiger partial charge in [0.25, 0.3) is 0 Å². The van der Waals surface area contributed by atoms with Crippen LogP contribution in [0.15, 0.2) is 18.2 Å². The zero-order valence-electron chi connectivity index (χ0n) is 13.5. The summed E-state index contributed by atoms with van der Waals surface area (Å²) in [5, 5.41) is 8.87. The van der Waals surface area contributed by atoms with Gasteiger partial charge in [-0.2, -0.15) is 0 Å². The number of carbonyl (C=O) groups is 2. The van der Waals surface area contributed by atoms with E-state index >= 15 is 0 Å². The van der Waals surface area contributed by atoms with E-state index in [-0.39, 0.29) is 24.2 Å². The maximum absolute atomic E-state index is 12.2. The number of halogens is 1. The highest BCUT2D eigenvalue weighted by molar-refractivity contribution is 5.95. The zero-order valence-corrected chi connectivity index (χ0v) is 14.3. The lowest BCUT2D eigenvalue weighted by Crippen LogP contribution is -2.30. The fraction of sp³-hybridized carbons (Fsp3) is 0.500. The highest BCUT2D eigenvalue weighted by Crippen LogP contribution is 2.28. The van der Waals surface area contributed by atoms with Crippen LogP contribution in [0, 0.1) is 5.92 Å². The van der Waals surface area contributed by atoms with Gasteiger partial charge in [-0.15, -0.1) is 12.4 Å². The molecule has 0 aliphatic carbocycles. The lowest BCUT2D eigenvalue weighted by molar-refractivity contribution is -0.117. The molecule has 1 fully saturated rings. The fourth-order valence-electron chi connectivity index (χ4n) is 2.64. The Kier molecular flexibility index (Phi) is 7.85. The summed E-state index contributed by atoms with van der Waals surface area (Å²) in [5.41, 5.74) is 1.21. The van der Waals surface area contributed by atoms with Crippen molar-refractivity contribution in [1.82, 2.24) is 5.32 Å². The van der Waals surface area contributed by atoms with Crippen LogP contribution in [0.3, 0.4) is 0 Å². The van der Waals surface area contributed by atoms with Crippen molar-refractivity contribution in [1.29, 1.82) is 0 Å². The quantitative estimate of drug-likeness (QED) is 0.768. The van der Waals surface area contributed by atoms with E-state index in [1.165, 1.54) is 6.92 Å². The summed E-state index contributed by atoms with van der Waals surface area (Å²) >= 11 is 0. The SMILES string of the molecule is COc1ccc(NC(C)=O)cc1NC(=O)CC1CCNCC1.Cl. The average molecular weight is 342 g/mol. The second kappa shape index (κ2) is 9.37. The number of amides is 2. The van der Waals surface area contributed by atoms with Gasteiger partial charge in [0.2, 0.25) is 11.8 Å². The van der Waals surface area contributed by atoms with E-state index in [1.54, 1.807) is 25.3 Å². The van der Waals surface area contributed by atoms with E-state index < -0.39 is 0 Å². The van der Waals surface area contributed by atoms with Gasteiger partial charge in [-0.1, -0.05) is 0 Å². The number of rotatable bonds is 5. The highest BCUT2D eigenvalue weighted by atomic mass is 35.5. The van der Waals surface area contributed by atoms with Crippen molar-refractivity contribution in [2.45, 2.75) is 26.2 Å². The highest BCUT2D eigenvalue weighted by Gasteiger charge is 2.18. The van der Waals surface area contributed by atoms with Crippen LogP contribution in [0.1, 0.15) is 26.2 Å². The number of piperidine rings is 1. The number of hydrogen-bond donors (Lipinski definition) is 3. The van der Waals surface area contributed by atoms with Crippen LogP contribution in [-0.2, 0) is 9.59 Å². The largest absolute Gasteiger partial charge is 0.495 e. The van der Waals surface area contributed by atoms with E-state index in [1.807, 2.05) is 0 Å². The molecule has 3 N–H and O–H groups in total. The van der Waals surface area contributed by atoms with Crippen LogP contribution in [0.4, 0.5) is 11.4 Å². The molecule has 0 atom stereocenters. The summed E-state index contributed by atoms with van der Waals surface area (Å²) in [7, 11) is 1.55. The first-order chi connectivity index (χ1) is 10.6. The Bertz CT molecular complexity index is 545. The third kappa shape index (κ3) is 6.08. The number of ether oxygens (including phenoxy) is 1. The summed E-state index contributed by atoms with van der Waals surface area (Å²) in [5.74, 6) is 0.820. The van der Waals surface area contributed by atoms with E-state index in [4.69, 9.17) is 4.74 Å². The summed E-state index contributed by atoms with van der Waals surface area (Å²) < 4.78 is 5.26. The molecule has 2 amide bonds. The Morgan fingerprint density at radius 1 is 1.26 bits per heavy atom. The summed E-state index contributed by atoms with van der Waals surface area (Å²) in [6.45, 7) is 3.39. The predicted molar refractivity (Wildman–Crippen MR) is 93.4 cm³/mol. The van der Waals surface area contributed by atoms with Crippen LogP contribution < -0.4 is 20.7 Å². The van der Waals surface area contributed by atoms with Gasteiger partial charge in [-0.05, 0) is 50.0 Å². The number of carbonyl (C=O) groups excluding carboxylic acids is 2. The van der Waals surface area contributed by atoms with Crippen LogP contribution in [0.25, 0.3) is 0 Å². The Balaban J connectivity index is 0.00000264. The topological polar surface area (TPSA) is 79.5 Å². The number of nitrogens with one attached hydrogen (secondary N) is 3. The zero-order chi connectivity index (χ0) is 15.9. The number of anilines is 2. The van der Waals surface area contributed by atoms with Crippen LogP contribution in [0.5, 0.6) is 5.75 Å².